The highest BCUT2D eigenvalue weighted by Crippen LogP contribution is 2.39. The Labute approximate surface area is 249 Å². The number of benzene rings is 1. The number of pyridine rings is 1. The average Bonchev–Trinajstić information content (AvgIpc) is 3.71. The van der Waals surface area contributed by atoms with Gasteiger partial charge in [0.15, 0.2) is 0 Å². The zero-order valence-electron chi connectivity index (χ0n) is 24.4. The van der Waals surface area contributed by atoms with Crippen molar-refractivity contribution in [2.24, 2.45) is 5.92 Å². The predicted molar refractivity (Wildman–Crippen MR) is 162 cm³/mol. The number of likely N-dealkylation sites (tertiary alicyclic amines) is 2. The number of carbonyl (C=O) groups excluding carboxylic acids is 1. The van der Waals surface area contributed by atoms with Crippen molar-refractivity contribution in [1.82, 2.24) is 24.7 Å². The van der Waals surface area contributed by atoms with Crippen LogP contribution in [0.3, 0.4) is 0 Å². The van der Waals surface area contributed by atoms with Crippen LogP contribution in [0, 0.1) is 11.7 Å². The number of hydrogen-bond acceptors (Lipinski definition) is 7. The van der Waals surface area contributed by atoms with Crippen molar-refractivity contribution in [3.05, 3.63) is 65.2 Å². The predicted octanol–water partition coefficient (Wildman–Crippen LogP) is 6.32. The molecule has 1 aromatic carbocycles. The first-order valence-electron chi connectivity index (χ1n) is 14.9. The number of fused-ring (bicyclic) bond motifs is 3. The zero-order chi connectivity index (χ0) is 29.0. The maximum Gasteiger partial charge on any atom is 0.410 e. The monoisotopic (exact) mass is 591 g/mol. The second-order valence-corrected chi connectivity index (χ2v) is 13.8. The number of amides is 1. The minimum Gasteiger partial charge on any atom is -0.444 e. The summed E-state index contributed by atoms with van der Waals surface area (Å²) >= 11 is 1.73. The van der Waals surface area contributed by atoms with E-state index >= 15 is 0 Å². The third-order valence-electron chi connectivity index (χ3n) is 8.92. The van der Waals surface area contributed by atoms with Gasteiger partial charge in [-0.2, -0.15) is 0 Å². The highest BCUT2D eigenvalue weighted by atomic mass is 32.1. The van der Waals surface area contributed by atoms with Gasteiger partial charge in [-0.3, -0.25) is 14.8 Å². The van der Waals surface area contributed by atoms with Gasteiger partial charge >= 0.3 is 6.09 Å². The number of nitrogens with zero attached hydrogens (tertiary/aromatic N) is 4. The van der Waals surface area contributed by atoms with E-state index in [0.717, 1.165) is 66.6 Å². The molecule has 0 saturated carbocycles. The largest absolute Gasteiger partial charge is 0.444 e. The lowest BCUT2D eigenvalue weighted by atomic mass is 9.92. The Morgan fingerprint density at radius 1 is 1.14 bits per heavy atom. The minimum absolute atomic E-state index is 0.0466. The molecule has 3 aliphatic heterocycles. The molecule has 0 bridgehead atoms. The minimum atomic E-state index is -0.506. The van der Waals surface area contributed by atoms with Crippen LogP contribution in [0.2, 0.25) is 0 Å². The average molecular weight is 592 g/mol. The van der Waals surface area contributed by atoms with Gasteiger partial charge in [0.05, 0.1) is 18.4 Å². The number of aromatic nitrogens is 2. The lowest BCUT2D eigenvalue weighted by Gasteiger charge is -2.47. The van der Waals surface area contributed by atoms with Crippen LogP contribution >= 0.6 is 11.3 Å². The van der Waals surface area contributed by atoms with Crippen molar-refractivity contribution in [2.45, 2.75) is 57.5 Å². The summed E-state index contributed by atoms with van der Waals surface area (Å²) in [6, 6.07) is 9.68. The Bertz CT molecular complexity index is 1600. The van der Waals surface area contributed by atoms with Crippen LogP contribution in [0.5, 0.6) is 0 Å². The second-order valence-electron chi connectivity index (χ2n) is 12.8. The van der Waals surface area contributed by atoms with E-state index in [0.29, 0.717) is 19.1 Å². The Hall–Kier alpha value is -3.05. The fourth-order valence-electron chi connectivity index (χ4n) is 7.10. The first-order valence-corrected chi connectivity index (χ1v) is 15.8. The number of hydrogen-bond donors (Lipinski definition) is 1. The second kappa shape index (κ2) is 10.9. The van der Waals surface area contributed by atoms with Crippen molar-refractivity contribution in [1.29, 1.82) is 0 Å². The van der Waals surface area contributed by atoms with E-state index in [4.69, 9.17) is 14.5 Å². The summed E-state index contributed by atoms with van der Waals surface area (Å²) in [6.07, 6.45) is 5.18. The van der Waals surface area contributed by atoms with Gasteiger partial charge in [0.1, 0.15) is 17.6 Å². The van der Waals surface area contributed by atoms with E-state index in [1.165, 1.54) is 10.8 Å². The van der Waals surface area contributed by atoms with Gasteiger partial charge in [-0.1, -0.05) is 0 Å². The standard InChI is InChI=1S/C32H38FN5O3S/c1-32(2,3)41-31(39)38-10-5-21-18-36(9-6-27(21)38)30(26-16-29-20(17-35-26)7-13-42-29)37-11-12-40-28(19-37)24-14-22(33)15-25-23(24)4-8-34-25/h4,7-8,13-17,21,27-28,30,34H,5-6,9-12,18-19H2,1-3H3. The molecule has 4 unspecified atom stereocenters. The molecular formula is C32H38FN5O3S. The number of halogens is 1. The van der Waals surface area contributed by atoms with E-state index in [1.807, 2.05) is 44.1 Å². The molecule has 1 N–H and O–H groups in total. The van der Waals surface area contributed by atoms with Crippen LogP contribution in [0.15, 0.2) is 48.1 Å². The summed E-state index contributed by atoms with van der Waals surface area (Å²) < 4.78 is 27.9. The van der Waals surface area contributed by atoms with Gasteiger partial charge in [-0.25, -0.2) is 9.18 Å². The van der Waals surface area contributed by atoms with Crippen LogP contribution in [0.1, 0.15) is 57.1 Å². The number of ether oxygens (including phenoxy) is 2. The molecule has 0 radical (unpaired) electrons. The molecule has 1 amide bonds. The zero-order valence-corrected chi connectivity index (χ0v) is 25.2. The normalized spacial score (nSPS) is 24.8. The fourth-order valence-corrected chi connectivity index (χ4v) is 7.91. The molecule has 8 nitrogen and oxygen atoms in total. The molecule has 0 spiro atoms. The number of morpholine rings is 1. The smallest absolute Gasteiger partial charge is 0.410 e. The Morgan fingerprint density at radius 3 is 2.86 bits per heavy atom. The van der Waals surface area contributed by atoms with Gasteiger partial charge < -0.3 is 19.4 Å². The quantitative estimate of drug-likeness (QED) is 0.300. The van der Waals surface area contributed by atoms with Crippen LogP contribution in [0.25, 0.3) is 21.0 Å². The van der Waals surface area contributed by atoms with Gasteiger partial charge in [-0.05, 0) is 80.8 Å². The lowest BCUT2D eigenvalue weighted by molar-refractivity contribution is -0.0882. The lowest BCUT2D eigenvalue weighted by Crippen LogP contribution is -2.54. The molecule has 4 atom stereocenters. The molecule has 10 heteroatoms. The summed E-state index contributed by atoms with van der Waals surface area (Å²) in [7, 11) is 0. The molecule has 42 heavy (non-hydrogen) atoms. The van der Waals surface area contributed by atoms with Gasteiger partial charge in [0.25, 0.3) is 0 Å². The number of piperidine rings is 1. The Balaban J connectivity index is 1.17. The summed E-state index contributed by atoms with van der Waals surface area (Å²) in [4.78, 5) is 28.1. The Morgan fingerprint density at radius 2 is 2.00 bits per heavy atom. The Kier molecular flexibility index (Phi) is 7.20. The van der Waals surface area contributed by atoms with Crippen LogP contribution in [-0.2, 0) is 9.47 Å². The van der Waals surface area contributed by atoms with Crippen molar-refractivity contribution < 1.29 is 18.7 Å². The number of nitrogens with one attached hydrogen (secondary N) is 1. The van der Waals surface area contributed by atoms with E-state index in [-0.39, 0.29) is 30.2 Å². The van der Waals surface area contributed by atoms with Crippen LogP contribution in [-0.4, -0.2) is 81.7 Å². The number of rotatable bonds is 4. The first kappa shape index (κ1) is 27.8. The molecule has 3 saturated heterocycles. The summed E-state index contributed by atoms with van der Waals surface area (Å²) in [6.45, 7) is 10.2. The van der Waals surface area contributed by atoms with Gasteiger partial charge in [0, 0.05) is 72.1 Å². The van der Waals surface area contributed by atoms with Crippen LogP contribution < -0.4 is 0 Å². The molecule has 3 fully saturated rings. The molecule has 7 rings (SSSR count). The fraction of sp³-hybridized carbons (Fsp3) is 0.500. The summed E-state index contributed by atoms with van der Waals surface area (Å²) in [5, 5.41) is 4.25. The van der Waals surface area contributed by atoms with Crippen molar-refractivity contribution in [3.63, 3.8) is 0 Å². The highest BCUT2D eigenvalue weighted by molar-refractivity contribution is 7.17. The SMILES string of the molecule is CC(C)(C)OC(=O)N1CCC2CN(C(c3cc4sccc4cn3)N3CCOC(c4cc(F)cc5[nH]ccc45)C3)CCC21. The third kappa shape index (κ3) is 5.30. The van der Waals surface area contributed by atoms with Crippen molar-refractivity contribution in [3.8, 4) is 0 Å². The maximum atomic E-state index is 14.6. The van der Waals surface area contributed by atoms with Crippen molar-refractivity contribution in [2.75, 3.05) is 39.3 Å². The third-order valence-corrected chi connectivity index (χ3v) is 9.80. The number of aromatic amines is 1. The topological polar surface area (TPSA) is 73.9 Å². The molecule has 4 aromatic rings. The molecule has 6 heterocycles. The molecule has 0 aliphatic carbocycles. The van der Waals surface area contributed by atoms with Gasteiger partial charge in [-0.15, -0.1) is 11.3 Å². The summed E-state index contributed by atoms with van der Waals surface area (Å²) in [5.74, 6) is 0.110. The highest BCUT2D eigenvalue weighted by Gasteiger charge is 2.45. The van der Waals surface area contributed by atoms with Crippen LogP contribution in [0.4, 0.5) is 9.18 Å². The number of carbonyl (C=O) groups is 1. The number of thiophene rings is 1. The van der Waals surface area contributed by atoms with E-state index in [2.05, 4.69) is 32.3 Å². The van der Waals surface area contributed by atoms with Gasteiger partial charge in [0.2, 0.25) is 0 Å². The van der Waals surface area contributed by atoms with E-state index < -0.39 is 5.60 Å². The molecule has 3 aliphatic rings. The van der Waals surface area contributed by atoms with E-state index in [1.54, 1.807) is 17.4 Å². The molecule has 3 aromatic heterocycles. The molecule has 222 valence electrons. The van der Waals surface area contributed by atoms with Crippen molar-refractivity contribution >= 4 is 38.4 Å². The first-order chi connectivity index (χ1) is 20.2. The summed E-state index contributed by atoms with van der Waals surface area (Å²) in [5.41, 5.74) is 2.18. The molecular weight excluding hydrogens is 553 g/mol. The van der Waals surface area contributed by atoms with E-state index in [9.17, 15) is 9.18 Å². The maximum absolute atomic E-state index is 14.6. The number of H-pyrrole nitrogens is 1.